The highest BCUT2D eigenvalue weighted by atomic mass is 32.2. The molecule has 0 saturated carbocycles. The lowest BCUT2D eigenvalue weighted by molar-refractivity contribution is 0.101. The van der Waals surface area contributed by atoms with Crippen molar-refractivity contribution in [3.8, 4) is 0 Å². The van der Waals surface area contributed by atoms with Gasteiger partial charge in [-0.05, 0) is 44.7 Å². The van der Waals surface area contributed by atoms with Crippen molar-refractivity contribution in [2.75, 3.05) is 18.4 Å². The first kappa shape index (κ1) is 20.5. The average molecular weight is 408 g/mol. The van der Waals surface area contributed by atoms with Crippen LogP contribution in [-0.2, 0) is 17.1 Å². The molecular formula is C20H26FN3O3S. The van der Waals surface area contributed by atoms with Crippen molar-refractivity contribution in [1.82, 2.24) is 8.87 Å². The van der Waals surface area contributed by atoms with Gasteiger partial charge in [0, 0.05) is 31.4 Å². The van der Waals surface area contributed by atoms with Crippen LogP contribution in [-0.4, -0.2) is 36.3 Å². The highest BCUT2D eigenvalue weighted by Gasteiger charge is 2.35. The number of para-hydroxylation sites is 1. The molecule has 1 saturated heterocycles. The Kier molecular flexibility index (Phi) is 5.63. The molecule has 1 aliphatic heterocycles. The Labute approximate surface area is 165 Å². The molecule has 0 spiro atoms. The molecule has 28 heavy (non-hydrogen) atoms. The fourth-order valence-electron chi connectivity index (χ4n) is 3.89. The van der Waals surface area contributed by atoms with E-state index in [-0.39, 0.29) is 16.3 Å². The van der Waals surface area contributed by atoms with Crippen LogP contribution in [0.3, 0.4) is 0 Å². The SMILES string of the molecule is Cc1c(S(=O)(=O)N2CCC[C@@H](C)C2)c(C)n(C)c1C(=O)Nc1ccccc1F. The van der Waals surface area contributed by atoms with E-state index in [0.717, 1.165) is 12.8 Å². The fourth-order valence-corrected chi connectivity index (χ4v) is 5.96. The van der Waals surface area contributed by atoms with Crippen LogP contribution in [0, 0.1) is 25.6 Å². The van der Waals surface area contributed by atoms with Gasteiger partial charge in [-0.3, -0.25) is 4.79 Å². The number of halogens is 1. The monoisotopic (exact) mass is 407 g/mol. The highest BCUT2D eigenvalue weighted by Crippen LogP contribution is 2.31. The molecule has 1 atom stereocenters. The molecule has 0 aliphatic carbocycles. The number of sulfonamides is 1. The summed E-state index contributed by atoms with van der Waals surface area (Å²) < 4.78 is 43.6. The second-order valence-corrected chi connectivity index (χ2v) is 9.37. The third-order valence-electron chi connectivity index (χ3n) is 5.42. The van der Waals surface area contributed by atoms with E-state index in [9.17, 15) is 17.6 Å². The summed E-state index contributed by atoms with van der Waals surface area (Å²) in [4.78, 5) is 13.0. The summed E-state index contributed by atoms with van der Waals surface area (Å²) in [6, 6.07) is 5.87. The quantitative estimate of drug-likeness (QED) is 0.844. The lowest BCUT2D eigenvalue weighted by atomic mass is 10.0. The lowest BCUT2D eigenvalue weighted by Crippen LogP contribution is -2.39. The van der Waals surface area contributed by atoms with Crippen molar-refractivity contribution in [2.45, 2.75) is 38.5 Å². The summed E-state index contributed by atoms with van der Waals surface area (Å²) in [6.45, 7) is 6.32. The van der Waals surface area contributed by atoms with Gasteiger partial charge in [0.25, 0.3) is 5.91 Å². The van der Waals surface area contributed by atoms with E-state index in [0.29, 0.717) is 30.3 Å². The number of aromatic nitrogens is 1. The van der Waals surface area contributed by atoms with Crippen molar-refractivity contribution >= 4 is 21.6 Å². The molecule has 152 valence electrons. The summed E-state index contributed by atoms with van der Waals surface area (Å²) in [5.74, 6) is -0.784. The minimum atomic E-state index is -3.71. The average Bonchev–Trinajstić information content (AvgIpc) is 2.86. The maximum atomic E-state index is 13.9. The van der Waals surface area contributed by atoms with Crippen molar-refractivity contribution in [2.24, 2.45) is 13.0 Å². The van der Waals surface area contributed by atoms with Crippen LogP contribution >= 0.6 is 0 Å². The van der Waals surface area contributed by atoms with E-state index in [2.05, 4.69) is 5.32 Å². The Bertz CT molecular complexity index is 1010. The third-order valence-corrected chi connectivity index (χ3v) is 7.55. The number of piperidine rings is 1. The van der Waals surface area contributed by atoms with E-state index in [4.69, 9.17) is 0 Å². The number of nitrogens with one attached hydrogen (secondary N) is 1. The number of amides is 1. The van der Waals surface area contributed by atoms with Gasteiger partial charge in [0.15, 0.2) is 0 Å². The van der Waals surface area contributed by atoms with Gasteiger partial charge in [0.05, 0.1) is 5.69 Å². The number of nitrogens with zero attached hydrogens (tertiary/aromatic N) is 2. The normalized spacial score (nSPS) is 18.2. The molecule has 1 aromatic carbocycles. The third kappa shape index (κ3) is 3.58. The Morgan fingerprint density at radius 3 is 2.57 bits per heavy atom. The molecule has 8 heteroatoms. The fraction of sp³-hybridized carbons (Fsp3) is 0.450. The number of carbonyl (C=O) groups excluding carboxylic acids is 1. The number of rotatable bonds is 4. The zero-order valence-electron chi connectivity index (χ0n) is 16.6. The molecule has 0 unspecified atom stereocenters. The Hall–Kier alpha value is -2.19. The highest BCUT2D eigenvalue weighted by molar-refractivity contribution is 7.89. The van der Waals surface area contributed by atoms with E-state index in [1.54, 1.807) is 31.5 Å². The zero-order valence-corrected chi connectivity index (χ0v) is 17.4. The van der Waals surface area contributed by atoms with Crippen molar-refractivity contribution in [1.29, 1.82) is 0 Å². The summed E-state index contributed by atoms with van der Waals surface area (Å²) in [5, 5.41) is 2.54. The zero-order chi connectivity index (χ0) is 20.6. The molecule has 1 aliphatic rings. The first-order valence-electron chi connectivity index (χ1n) is 9.36. The minimum Gasteiger partial charge on any atom is -0.342 e. The first-order chi connectivity index (χ1) is 13.1. The van der Waals surface area contributed by atoms with Crippen molar-refractivity contribution in [3.63, 3.8) is 0 Å². The molecule has 0 radical (unpaired) electrons. The van der Waals surface area contributed by atoms with E-state index >= 15 is 0 Å². The van der Waals surface area contributed by atoms with Crippen LogP contribution in [0.25, 0.3) is 0 Å². The summed E-state index contributed by atoms with van der Waals surface area (Å²) >= 11 is 0. The molecule has 0 bridgehead atoms. The van der Waals surface area contributed by atoms with Crippen LogP contribution < -0.4 is 5.32 Å². The lowest BCUT2D eigenvalue weighted by Gasteiger charge is -2.30. The number of hydrogen-bond acceptors (Lipinski definition) is 3. The van der Waals surface area contributed by atoms with Gasteiger partial charge in [-0.15, -0.1) is 0 Å². The van der Waals surface area contributed by atoms with E-state index < -0.39 is 21.7 Å². The summed E-state index contributed by atoms with van der Waals surface area (Å²) in [6.07, 6.45) is 1.83. The van der Waals surface area contributed by atoms with Gasteiger partial charge in [-0.1, -0.05) is 19.1 Å². The smallest absolute Gasteiger partial charge is 0.272 e. The topological polar surface area (TPSA) is 71.4 Å². The second-order valence-electron chi connectivity index (χ2n) is 7.49. The van der Waals surface area contributed by atoms with Gasteiger partial charge >= 0.3 is 0 Å². The van der Waals surface area contributed by atoms with E-state index in [1.807, 2.05) is 6.92 Å². The Morgan fingerprint density at radius 1 is 1.25 bits per heavy atom. The number of benzene rings is 1. The molecule has 1 N–H and O–H groups in total. The molecule has 2 aromatic rings. The Morgan fingerprint density at radius 2 is 1.93 bits per heavy atom. The molecule has 1 aromatic heterocycles. The van der Waals surface area contributed by atoms with Gasteiger partial charge in [-0.2, -0.15) is 4.31 Å². The van der Waals surface area contributed by atoms with Crippen LogP contribution in [0.15, 0.2) is 29.2 Å². The maximum absolute atomic E-state index is 13.9. The maximum Gasteiger partial charge on any atom is 0.272 e. The molecule has 1 fully saturated rings. The van der Waals surface area contributed by atoms with Crippen molar-refractivity contribution < 1.29 is 17.6 Å². The van der Waals surface area contributed by atoms with Gasteiger partial charge in [0.2, 0.25) is 10.0 Å². The van der Waals surface area contributed by atoms with Crippen molar-refractivity contribution in [3.05, 3.63) is 47.0 Å². The minimum absolute atomic E-state index is 0.0556. The van der Waals surface area contributed by atoms with Gasteiger partial charge in [0.1, 0.15) is 16.4 Å². The number of hydrogen-bond donors (Lipinski definition) is 1. The van der Waals surface area contributed by atoms with Crippen LogP contribution in [0.5, 0.6) is 0 Å². The predicted octanol–water partition coefficient (Wildman–Crippen LogP) is 3.45. The number of anilines is 1. The van der Waals surface area contributed by atoms with E-state index in [1.165, 1.54) is 22.5 Å². The summed E-state index contributed by atoms with van der Waals surface area (Å²) in [5.41, 5.74) is 1.14. The molecule has 6 nitrogen and oxygen atoms in total. The molecule has 2 heterocycles. The molecule has 3 rings (SSSR count). The largest absolute Gasteiger partial charge is 0.342 e. The van der Waals surface area contributed by atoms with Gasteiger partial charge in [-0.25, -0.2) is 12.8 Å². The Balaban J connectivity index is 2.00. The summed E-state index contributed by atoms with van der Waals surface area (Å²) in [7, 11) is -2.06. The first-order valence-corrected chi connectivity index (χ1v) is 10.8. The molecular weight excluding hydrogens is 381 g/mol. The standard InChI is InChI=1S/C20H26FN3O3S/c1-13-8-7-11-24(12-13)28(26,27)19-14(2)18(23(4)15(19)3)20(25)22-17-10-6-5-9-16(17)21/h5-6,9-10,13H,7-8,11-12H2,1-4H3,(H,22,25)/t13-/m1/s1. The predicted molar refractivity (Wildman–Crippen MR) is 106 cm³/mol. The van der Waals surface area contributed by atoms with Gasteiger partial charge < -0.3 is 9.88 Å². The van der Waals surface area contributed by atoms with Crippen LogP contribution in [0.1, 0.15) is 41.5 Å². The number of carbonyl (C=O) groups is 1. The molecule has 1 amide bonds. The van der Waals surface area contributed by atoms with Crippen LogP contribution in [0.2, 0.25) is 0 Å². The second kappa shape index (κ2) is 7.67. The van der Waals surface area contributed by atoms with Crippen LogP contribution in [0.4, 0.5) is 10.1 Å².